The summed E-state index contributed by atoms with van der Waals surface area (Å²) in [6.45, 7) is 0. The molecule has 0 saturated carbocycles. The molecule has 0 heterocycles. The van der Waals surface area contributed by atoms with E-state index in [9.17, 15) is 4.79 Å². The first-order chi connectivity index (χ1) is 10.1. The second kappa shape index (κ2) is 6.73. The molecule has 0 atom stereocenters. The Balaban J connectivity index is 2.12. The standard InChI is InChI=1S/C16H12BrN3O/c17-13-6-5-12(10-18)15(9-13)20-16(21)7-4-11-2-1-3-14(19)8-11/h1-9H,19H2,(H,20,21)/b7-4+. The van der Waals surface area contributed by atoms with E-state index in [1.807, 2.05) is 18.2 Å². The Bertz CT molecular complexity index is 747. The number of hydrogen-bond donors (Lipinski definition) is 2. The van der Waals surface area contributed by atoms with Gasteiger partial charge in [0.25, 0.3) is 0 Å². The Morgan fingerprint density at radius 2 is 2.10 bits per heavy atom. The molecule has 21 heavy (non-hydrogen) atoms. The van der Waals surface area contributed by atoms with Gasteiger partial charge in [0.2, 0.25) is 5.91 Å². The number of carbonyl (C=O) groups excluding carboxylic acids is 1. The minimum absolute atomic E-state index is 0.313. The van der Waals surface area contributed by atoms with Crippen molar-refractivity contribution in [1.29, 1.82) is 5.26 Å². The Hall–Kier alpha value is -2.58. The third kappa shape index (κ3) is 4.20. The van der Waals surface area contributed by atoms with Gasteiger partial charge in [0.15, 0.2) is 0 Å². The summed E-state index contributed by atoms with van der Waals surface area (Å²) in [7, 11) is 0. The zero-order valence-corrected chi connectivity index (χ0v) is 12.6. The number of nitrogen functional groups attached to an aromatic ring is 1. The van der Waals surface area contributed by atoms with Crippen molar-refractivity contribution >= 4 is 39.3 Å². The van der Waals surface area contributed by atoms with Crippen molar-refractivity contribution in [3.63, 3.8) is 0 Å². The van der Waals surface area contributed by atoms with E-state index in [-0.39, 0.29) is 5.91 Å². The summed E-state index contributed by atoms with van der Waals surface area (Å²) in [6.07, 6.45) is 3.06. The van der Waals surface area contributed by atoms with Crippen LogP contribution in [0.25, 0.3) is 6.08 Å². The van der Waals surface area contributed by atoms with Crippen LogP contribution in [0.15, 0.2) is 53.0 Å². The predicted octanol–water partition coefficient (Wildman–Crippen LogP) is 3.55. The van der Waals surface area contributed by atoms with Gasteiger partial charge in [-0.2, -0.15) is 5.26 Å². The lowest BCUT2D eigenvalue weighted by atomic mass is 10.2. The molecule has 0 radical (unpaired) electrons. The predicted molar refractivity (Wildman–Crippen MR) is 87.4 cm³/mol. The minimum atomic E-state index is -0.313. The Labute approximate surface area is 131 Å². The average molecular weight is 342 g/mol. The van der Waals surface area contributed by atoms with Crippen LogP contribution in [-0.4, -0.2) is 5.91 Å². The highest BCUT2D eigenvalue weighted by molar-refractivity contribution is 9.10. The lowest BCUT2D eigenvalue weighted by molar-refractivity contribution is -0.111. The van der Waals surface area contributed by atoms with Gasteiger partial charge < -0.3 is 11.1 Å². The summed E-state index contributed by atoms with van der Waals surface area (Å²) in [5, 5.41) is 11.7. The normalized spacial score (nSPS) is 10.3. The fourth-order valence-electron chi connectivity index (χ4n) is 1.73. The van der Waals surface area contributed by atoms with Crippen molar-refractivity contribution in [2.24, 2.45) is 0 Å². The summed E-state index contributed by atoms with van der Waals surface area (Å²) in [4.78, 5) is 11.9. The molecule has 0 fully saturated rings. The number of carbonyl (C=O) groups is 1. The molecule has 0 spiro atoms. The minimum Gasteiger partial charge on any atom is -0.399 e. The molecule has 0 saturated heterocycles. The largest absolute Gasteiger partial charge is 0.399 e. The van der Waals surface area contributed by atoms with Gasteiger partial charge in [-0.1, -0.05) is 28.1 Å². The molecule has 5 heteroatoms. The zero-order chi connectivity index (χ0) is 15.2. The number of nitrogens with zero attached hydrogens (tertiary/aromatic N) is 1. The van der Waals surface area contributed by atoms with Crippen LogP contribution < -0.4 is 11.1 Å². The summed E-state index contributed by atoms with van der Waals surface area (Å²) in [6, 6.07) is 14.3. The van der Waals surface area contributed by atoms with E-state index in [1.165, 1.54) is 6.08 Å². The molecule has 2 rings (SSSR count). The van der Waals surface area contributed by atoms with E-state index in [0.717, 1.165) is 10.0 Å². The maximum atomic E-state index is 11.9. The second-order valence-electron chi connectivity index (χ2n) is 4.29. The molecule has 0 aromatic heterocycles. The number of nitriles is 1. The number of halogens is 1. The van der Waals surface area contributed by atoms with Gasteiger partial charge >= 0.3 is 0 Å². The number of rotatable bonds is 3. The van der Waals surface area contributed by atoms with Crippen LogP contribution in [-0.2, 0) is 4.79 Å². The highest BCUT2D eigenvalue weighted by Gasteiger charge is 2.05. The van der Waals surface area contributed by atoms with Crippen LogP contribution in [0.5, 0.6) is 0 Å². The van der Waals surface area contributed by atoms with Gasteiger partial charge in [0, 0.05) is 16.2 Å². The maximum absolute atomic E-state index is 11.9. The molecule has 0 aliphatic carbocycles. The van der Waals surface area contributed by atoms with Crippen LogP contribution in [0.4, 0.5) is 11.4 Å². The number of nitrogens with one attached hydrogen (secondary N) is 1. The van der Waals surface area contributed by atoms with Crippen LogP contribution in [0.2, 0.25) is 0 Å². The van der Waals surface area contributed by atoms with E-state index in [1.54, 1.807) is 36.4 Å². The highest BCUT2D eigenvalue weighted by atomic mass is 79.9. The summed E-state index contributed by atoms with van der Waals surface area (Å²) >= 11 is 3.31. The first-order valence-corrected chi connectivity index (χ1v) is 6.92. The molecular weight excluding hydrogens is 330 g/mol. The van der Waals surface area contributed by atoms with Gasteiger partial charge in [-0.3, -0.25) is 4.79 Å². The van der Waals surface area contributed by atoms with Crippen LogP contribution in [0.3, 0.4) is 0 Å². The number of amides is 1. The number of benzene rings is 2. The molecule has 0 aliphatic rings. The first-order valence-electron chi connectivity index (χ1n) is 6.13. The lowest BCUT2D eigenvalue weighted by Crippen LogP contribution is -2.09. The third-order valence-electron chi connectivity index (χ3n) is 2.70. The van der Waals surface area contributed by atoms with Crippen molar-refractivity contribution in [2.75, 3.05) is 11.1 Å². The molecule has 3 N–H and O–H groups in total. The summed E-state index contributed by atoms with van der Waals surface area (Å²) in [5.74, 6) is -0.313. The average Bonchev–Trinajstić information content (AvgIpc) is 2.45. The van der Waals surface area contributed by atoms with Gasteiger partial charge in [-0.15, -0.1) is 0 Å². The topological polar surface area (TPSA) is 78.9 Å². The monoisotopic (exact) mass is 341 g/mol. The molecule has 0 aliphatic heterocycles. The number of anilines is 2. The molecule has 0 unspecified atom stereocenters. The van der Waals surface area contributed by atoms with E-state index in [4.69, 9.17) is 11.0 Å². The molecule has 4 nitrogen and oxygen atoms in total. The molecule has 2 aromatic carbocycles. The molecule has 0 bridgehead atoms. The Morgan fingerprint density at radius 1 is 1.29 bits per heavy atom. The van der Waals surface area contributed by atoms with Crippen molar-refractivity contribution in [3.8, 4) is 6.07 Å². The number of nitrogens with two attached hydrogens (primary N) is 1. The third-order valence-corrected chi connectivity index (χ3v) is 3.19. The molecule has 1 amide bonds. The van der Waals surface area contributed by atoms with Gasteiger partial charge in [0.1, 0.15) is 6.07 Å². The van der Waals surface area contributed by atoms with E-state index in [2.05, 4.69) is 21.2 Å². The second-order valence-corrected chi connectivity index (χ2v) is 5.21. The highest BCUT2D eigenvalue weighted by Crippen LogP contribution is 2.20. The Kier molecular flexibility index (Phi) is 4.75. The van der Waals surface area contributed by atoms with Crippen molar-refractivity contribution in [2.45, 2.75) is 0 Å². The van der Waals surface area contributed by atoms with Gasteiger partial charge in [-0.25, -0.2) is 0 Å². The van der Waals surface area contributed by atoms with Crippen LogP contribution in [0, 0.1) is 11.3 Å². The smallest absolute Gasteiger partial charge is 0.248 e. The fourth-order valence-corrected chi connectivity index (χ4v) is 2.09. The van der Waals surface area contributed by atoms with E-state index >= 15 is 0 Å². The zero-order valence-electron chi connectivity index (χ0n) is 11.0. The fraction of sp³-hybridized carbons (Fsp3) is 0. The van der Waals surface area contributed by atoms with Gasteiger partial charge in [-0.05, 0) is 42.0 Å². The van der Waals surface area contributed by atoms with E-state index < -0.39 is 0 Å². The van der Waals surface area contributed by atoms with Crippen LogP contribution >= 0.6 is 15.9 Å². The summed E-state index contributed by atoms with van der Waals surface area (Å²) in [5.41, 5.74) is 8.01. The van der Waals surface area contributed by atoms with Crippen molar-refractivity contribution < 1.29 is 4.79 Å². The molecule has 104 valence electrons. The SMILES string of the molecule is N#Cc1ccc(Br)cc1NC(=O)/C=C/c1cccc(N)c1. The van der Waals surface area contributed by atoms with Crippen molar-refractivity contribution in [1.82, 2.24) is 0 Å². The van der Waals surface area contributed by atoms with Crippen LogP contribution in [0.1, 0.15) is 11.1 Å². The number of hydrogen-bond acceptors (Lipinski definition) is 3. The molecule has 2 aromatic rings. The lowest BCUT2D eigenvalue weighted by Gasteiger charge is -2.05. The molecular formula is C16H12BrN3O. The first kappa shape index (κ1) is 14.8. The maximum Gasteiger partial charge on any atom is 0.248 e. The summed E-state index contributed by atoms with van der Waals surface area (Å²) < 4.78 is 0.789. The van der Waals surface area contributed by atoms with Gasteiger partial charge in [0.05, 0.1) is 11.3 Å². The van der Waals surface area contributed by atoms with Crippen molar-refractivity contribution in [3.05, 3.63) is 64.1 Å². The quantitative estimate of drug-likeness (QED) is 0.661. The Morgan fingerprint density at radius 3 is 2.81 bits per heavy atom. The van der Waals surface area contributed by atoms with E-state index in [0.29, 0.717) is 16.9 Å².